The van der Waals surface area contributed by atoms with Crippen LogP contribution in [-0.2, 0) is 19.6 Å². The summed E-state index contributed by atoms with van der Waals surface area (Å²) in [5.74, 6) is -0.264. The lowest BCUT2D eigenvalue weighted by Gasteiger charge is -2.31. The lowest BCUT2D eigenvalue weighted by atomic mass is 9.94. The number of carbonyl (C=O) groups excluding carboxylic acids is 2. The van der Waals surface area contributed by atoms with Gasteiger partial charge in [-0.1, -0.05) is 31.4 Å². The summed E-state index contributed by atoms with van der Waals surface area (Å²) >= 11 is 0. The Hall–Kier alpha value is -3.27. The quantitative estimate of drug-likeness (QED) is 0.596. The number of nitrogens with zero attached hydrogens (tertiary/aromatic N) is 1. The fourth-order valence-corrected chi connectivity index (χ4v) is 5.22. The van der Waals surface area contributed by atoms with Crippen LogP contribution in [0.1, 0.15) is 42.5 Å². The van der Waals surface area contributed by atoms with Crippen molar-refractivity contribution in [2.45, 2.75) is 43.0 Å². The van der Waals surface area contributed by atoms with Gasteiger partial charge in [-0.25, -0.2) is 13.2 Å². The Morgan fingerprint density at radius 2 is 1.74 bits per heavy atom. The third-order valence-corrected chi connectivity index (χ3v) is 7.42. The number of rotatable bonds is 7. The fourth-order valence-electron chi connectivity index (χ4n) is 4.12. The van der Waals surface area contributed by atoms with Gasteiger partial charge in [0.2, 0.25) is 0 Å². The summed E-state index contributed by atoms with van der Waals surface area (Å²) in [5, 5.41) is 0. The van der Waals surface area contributed by atoms with Crippen LogP contribution in [0.4, 0.5) is 5.69 Å². The Morgan fingerprint density at radius 1 is 1.03 bits per heavy atom. The largest absolute Gasteiger partial charge is 0.486 e. The molecule has 34 heavy (non-hydrogen) atoms. The minimum absolute atomic E-state index is 0.0109. The van der Waals surface area contributed by atoms with E-state index in [9.17, 15) is 18.0 Å². The van der Waals surface area contributed by atoms with Gasteiger partial charge in [0.25, 0.3) is 15.9 Å². The number of fused-ring (bicyclic) bond motifs is 1. The van der Waals surface area contributed by atoms with E-state index in [1.165, 1.54) is 36.8 Å². The number of para-hydroxylation sites is 1. The van der Waals surface area contributed by atoms with Crippen molar-refractivity contribution in [3.05, 3.63) is 48.0 Å². The van der Waals surface area contributed by atoms with Crippen LogP contribution in [0.15, 0.2) is 47.4 Å². The average Bonchev–Trinajstić information content (AvgIpc) is 2.87. The summed E-state index contributed by atoms with van der Waals surface area (Å²) < 4.78 is 44.5. The number of hydrogen-bond donors (Lipinski definition) is 1. The summed E-state index contributed by atoms with van der Waals surface area (Å²) in [6, 6.07) is 10.5. The molecule has 0 unspecified atom stereocenters. The summed E-state index contributed by atoms with van der Waals surface area (Å²) in [6.45, 7) is 0.314. The zero-order valence-electron chi connectivity index (χ0n) is 19.0. The second kappa shape index (κ2) is 10.3. The third-order valence-electron chi connectivity index (χ3n) is 6.06. The highest BCUT2D eigenvalue weighted by molar-refractivity contribution is 7.92. The number of amides is 1. The molecule has 2 aromatic carbocycles. The second-order valence-corrected chi connectivity index (χ2v) is 10.0. The van der Waals surface area contributed by atoms with Crippen molar-refractivity contribution in [1.82, 2.24) is 4.90 Å². The van der Waals surface area contributed by atoms with Gasteiger partial charge >= 0.3 is 5.97 Å². The van der Waals surface area contributed by atoms with E-state index in [1.807, 2.05) is 0 Å². The molecule has 10 heteroatoms. The molecule has 1 heterocycles. The molecule has 0 atom stereocenters. The maximum atomic E-state index is 13.0. The van der Waals surface area contributed by atoms with Gasteiger partial charge < -0.3 is 19.1 Å². The molecule has 4 rings (SSSR count). The SMILES string of the molecule is CN(C(=O)COC(=O)c1ccccc1NS(=O)(=O)c1ccc2c(c1)OCCO2)C1CCCCC1. The molecule has 0 saturated heterocycles. The normalized spacial score (nSPS) is 15.9. The molecule has 0 radical (unpaired) electrons. The molecule has 182 valence electrons. The molecule has 0 bridgehead atoms. The molecule has 1 fully saturated rings. The highest BCUT2D eigenvalue weighted by Gasteiger charge is 2.25. The van der Waals surface area contributed by atoms with Crippen LogP contribution in [0.2, 0.25) is 0 Å². The number of benzene rings is 2. The van der Waals surface area contributed by atoms with Crippen molar-refractivity contribution in [3.63, 3.8) is 0 Å². The van der Waals surface area contributed by atoms with Gasteiger partial charge in [0, 0.05) is 19.2 Å². The number of likely N-dealkylation sites (N-methyl/N-ethyl adjacent to an activating group) is 1. The zero-order chi connectivity index (χ0) is 24.1. The van der Waals surface area contributed by atoms with Gasteiger partial charge in [-0.3, -0.25) is 9.52 Å². The average molecular weight is 489 g/mol. The van der Waals surface area contributed by atoms with E-state index >= 15 is 0 Å². The van der Waals surface area contributed by atoms with Crippen LogP contribution in [-0.4, -0.2) is 58.1 Å². The number of nitrogens with one attached hydrogen (secondary N) is 1. The maximum absolute atomic E-state index is 13.0. The maximum Gasteiger partial charge on any atom is 0.340 e. The van der Waals surface area contributed by atoms with E-state index in [4.69, 9.17) is 14.2 Å². The van der Waals surface area contributed by atoms with Crippen molar-refractivity contribution in [3.8, 4) is 11.5 Å². The Morgan fingerprint density at radius 3 is 2.50 bits per heavy atom. The highest BCUT2D eigenvalue weighted by atomic mass is 32.2. The molecule has 2 aromatic rings. The predicted molar refractivity (Wildman–Crippen MR) is 125 cm³/mol. The van der Waals surface area contributed by atoms with E-state index in [0.29, 0.717) is 24.7 Å². The van der Waals surface area contributed by atoms with Gasteiger partial charge in [-0.2, -0.15) is 0 Å². The van der Waals surface area contributed by atoms with Gasteiger partial charge in [0.05, 0.1) is 16.1 Å². The monoisotopic (exact) mass is 488 g/mol. The fraction of sp³-hybridized carbons (Fsp3) is 0.417. The number of ether oxygens (including phenoxy) is 3. The third kappa shape index (κ3) is 5.44. The van der Waals surface area contributed by atoms with E-state index in [2.05, 4.69) is 4.72 Å². The Kier molecular flexibility index (Phi) is 7.26. The standard InChI is InChI=1S/C24H28N2O7S/c1-26(17-7-3-2-4-8-17)23(27)16-33-24(28)19-9-5-6-10-20(19)25-34(29,30)18-11-12-21-22(15-18)32-14-13-31-21/h5-6,9-12,15,17,25H,2-4,7-8,13-14,16H2,1H3. The van der Waals surface area contributed by atoms with Crippen LogP contribution in [0.5, 0.6) is 11.5 Å². The first-order chi connectivity index (χ1) is 16.3. The number of esters is 1. The van der Waals surface area contributed by atoms with Gasteiger partial charge in [-0.05, 0) is 37.1 Å². The number of hydrogen-bond acceptors (Lipinski definition) is 7. The molecule has 2 aliphatic rings. The van der Waals surface area contributed by atoms with Crippen molar-refractivity contribution in [2.24, 2.45) is 0 Å². The lowest BCUT2D eigenvalue weighted by Crippen LogP contribution is -2.40. The number of sulfonamides is 1. The summed E-state index contributed by atoms with van der Waals surface area (Å²) in [5.41, 5.74) is 0.0622. The van der Waals surface area contributed by atoms with Crippen molar-refractivity contribution >= 4 is 27.6 Å². The van der Waals surface area contributed by atoms with Gasteiger partial charge in [0.15, 0.2) is 18.1 Å². The van der Waals surface area contributed by atoms with Gasteiger partial charge in [0.1, 0.15) is 13.2 Å². The first-order valence-electron chi connectivity index (χ1n) is 11.3. The van der Waals surface area contributed by atoms with E-state index < -0.39 is 22.6 Å². The van der Waals surface area contributed by atoms with Crippen LogP contribution < -0.4 is 14.2 Å². The zero-order valence-corrected chi connectivity index (χ0v) is 19.8. The minimum Gasteiger partial charge on any atom is -0.486 e. The summed E-state index contributed by atoms with van der Waals surface area (Å²) in [6.07, 6.45) is 5.23. The molecule has 1 aliphatic carbocycles. The molecular formula is C24H28N2O7S. The molecule has 9 nitrogen and oxygen atoms in total. The Labute approximate surface area is 199 Å². The number of carbonyl (C=O) groups is 2. The highest BCUT2D eigenvalue weighted by Crippen LogP contribution is 2.33. The van der Waals surface area contributed by atoms with E-state index in [0.717, 1.165) is 25.7 Å². The van der Waals surface area contributed by atoms with Gasteiger partial charge in [-0.15, -0.1) is 0 Å². The van der Waals surface area contributed by atoms with Crippen LogP contribution in [0.3, 0.4) is 0 Å². The van der Waals surface area contributed by atoms with Crippen LogP contribution >= 0.6 is 0 Å². The van der Waals surface area contributed by atoms with Crippen LogP contribution in [0.25, 0.3) is 0 Å². The molecule has 1 saturated carbocycles. The molecule has 1 amide bonds. The molecular weight excluding hydrogens is 460 g/mol. The molecule has 1 aliphatic heterocycles. The summed E-state index contributed by atoms with van der Waals surface area (Å²) in [7, 11) is -2.31. The van der Waals surface area contributed by atoms with E-state index in [1.54, 1.807) is 24.1 Å². The first kappa shape index (κ1) is 23.9. The lowest BCUT2D eigenvalue weighted by molar-refractivity contribution is -0.135. The Balaban J connectivity index is 1.44. The van der Waals surface area contributed by atoms with Crippen molar-refractivity contribution in [2.75, 3.05) is 31.6 Å². The molecule has 1 N–H and O–H groups in total. The Bertz CT molecular complexity index is 1160. The van der Waals surface area contributed by atoms with Crippen molar-refractivity contribution in [1.29, 1.82) is 0 Å². The molecule has 0 spiro atoms. The van der Waals surface area contributed by atoms with Crippen molar-refractivity contribution < 1.29 is 32.2 Å². The summed E-state index contributed by atoms with van der Waals surface area (Å²) in [4.78, 5) is 26.8. The van der Waals surface area contributed by atoms with Crippen LogP contribution in [0, 0.1) is 0 Å². The smallest absolute Gasteiger partial charge is 0.340 e. The molecule has 0 aromatic heterocycles. The minimum atomic E-state index is -4.03. The van der Waals surface area contributed by atoms with E-state index in [-0.39, 0.29) is 28.1 Å². The topological polar surface area (TPSA) is 111 Å². The second-order valence-electron chi connectivity index (χ2n) is 8.33. The number of anilines is 1. The first-order valence-corrected chi connectivity index (χ1v) is 12.8. The predicted octanol–water partition coefficient (Wildman–Crippen LogP) is 3.21.